The van der Waals surface area contributed by atoms with Gasteiger partial charge < -0.3 is 14.5 Å². The lowest BCUT2D eigenvalue weighted by atomic mass is 10.1. The van der Waals surface area contributed by atoms with Crippen LogP contribution in [0.25, 0.3) is 0 Å². The smallest absolute Gasteiger partial charge is 0.203 e. The van der Waals surface area contributed by atoms with Crippen LogP contribution in [0.15, 0.2) is 40.8 Å². The number of furan rings is 1. The molecule has 0 aliphatic rings. The summed E-state index contributed by atoms with van der Waals surface area (Å²) in [6.45, 7) is 4.68. The van der Waals surface area contributed by atoms with Crippen LogP contribution in [0.5, 0.6) is 0 Å². The molecular formula is C16H18N2O2. The van der Waals surface area contributed by atoms with Crippen molar-refractivity contribution in [2.24, 2.45) is 0 Å². The normalized spacial score (nSPS) is 10.4. The van der Waals surface area contributed by atoms with Gasteiger partial charge in [-0.1, -0.05) is 24.3 Å². The Balaban J connectivity index is 1.89. The van der Waals surface area contributed by atoms with Gasteiger partial charge >= 0.3 is 0 Å². The number of hydrogen-bond donors (Lipinski definition) is 1. The van der Waals surface area contributed by atoms with E-state index in [1.54, 1.807) is 6.07 Å². The number of hydrogen-bond acceptors (Lipinski definition) is 4. The van der Waals surface area contributed by atoms with E-state index in [2.05, 4.69) is 17.4 Å². The molecule has 0 bridgehead atoms. The molecule has 0 fully saturated rings. The minimum absolute atomic E-state index is 0.346. The van der Waals surface area contributed by atoms with Gasteiger partial charge in [-0.15, -0.1) is 0 Å². The predicted molar refractivity (Wildman–Crippen MR) is 75.7 cm³/mol. The Hall–Kier alpha value is -2.09. The minimum Gasteiger partial charge on any atom is -0.449 e. The summed E-state index contributed by atoms with van der Waals surface area (Å²) < 4.78 is 10.8. The average molecular weight is 270 g/mol. The standard InChI is InChI=1S/C16H18N2O2/c1-2-19-12-14-6-4-3-5-13(14)10-18-11-16-8-7-15(9-17)20-16/h3-8,18H,2,10-12H2,1H3. The molecule has 0 amide bonds. The summed E-state index contributed by atoms with van der Waals surface area (Å²) in [6, 6.07) is 13.7. The third-order valence-electron chi connectivity index (χ3n) is 2.97. The first-order valence-corrected chi connectivity index (χ1v) is 6.67. The zero-order chi connectivity index (χ0) is 14.2. The van der Waals surface area contributed by atoms with Crippen molar-refractivity contribution in [3.05, 3.63) is 59.0 Å². The monoisotopic (exact) mass is 270 g/mol. The Morgan fingerprint density at radius 2 is 1.95 bits per heavy atom. The predicted octanol–water partition coefficient (Wildman–Crippen LogP) is 2.98. The van der Waals surface area contributed by atoms with Gasteiger partial charge in [0.05, 0.1) is 13.2 Å². The summed E-state index contributed by atoms with van der Waals surface area (Å²) in [4.78, 5) is 0. The van der Waals surface area contributed by atoms with Gasteiger partial charge in [-0.3, -0.25) is 0 Å². The molecule has 104 valence electrons. The molecule has 0 saturated carbocycles. The SMILES string of the molecule is CCOCc1ccccc1CNCc1ccc(C#N)o1. The van der Waals surface area contributed by atoms with Crippen LogP contribution in [-0.2, 0) is 24.4 Å². The number of ether oxygens (including phenoxy) is 1. The lowest BCUT2D eigenvalue weighted by Gasteiger charge is -2.10. The highest BCUT2D eigenvalue weighted by atomic mass is 16.5. The van der Waals surface area contributed by atoms with E-state index in [4.69, 9.17) is 14.4 Å². The summed E-state index contributed by atoms with van der Waals surface area (Å²) in [5.74, 6) is 1.11. The Labute approximate surface area is 119 Å². The summed E-state index contributed by atoms with van der Waals surface area (Å²) in [7, 11) is 0. The van der Waals surface area contributed by atoms with Crippen molar-refractivity contribution in [1.82, 2.24) is 5.32 Å². The molecule has 4 nitrogen and oxygen atoms in total. The molecule has 1 heterocycles. The Morgan fingerprint density at radius 3 is 2.65 bits per heavy atom. The maximum atomic E-state index is 8.70. The first kappa shape index (κ1) is 14.3. The van der Waals surface area contributed by atoms with Gasteiger partial charge in [0.25, 0.3) is 0 Å². The third-order valence-corrected chi connectivity index (χ3v) is 2.97. The number of benzene rings is 1. The van der Waals surface area contributed by atoms with E-state index in [-0.39, 0.29) is 0 Å². The maximum Gasteiger partial charge on any atom is 0.203 e. The van der Waals surface area contributed by atoms with Gasteiger partial charge in [-0.25, -0.2) is 0 Å². The Bertz CT molecular complexity index is 584. The zero-order valence-corrected chi connectivity index (χ0v) is 11.6. The molecule has 1 aromatic carbocycles. The molecule has 2 rings (SSSR count). The van der Waals surface area contributed by atoms with E-state index in [0.29, 0.717) is 25.5 Å². The van der Waals surface area contributed by atoms with E-state index >= 15 is 0 Å². The highest BCUT2D eigenvalue weighted by Gasteiger charge is 2.03. The van der Waals surface area contributed by atoms with Crippen LogP contribution < -0.4 is 5.32 Å². The second-order valence-electron chi connectivity index (χ2n) is 4.39. The number of nitrogens with zero attached hydrogens (tertiary/aromatic N) is 1. The molecule has 2 aromatic rings. The largest absolute Gasteiger partial charge is 0.449 e. The molecular weight excluding hydrogens is 252 g/mol. The molecule has 4 heteroatoms. The number of rotatable bonds is 7. The van der Waals surface area contributed by atoms with Crippen LogP contribution in [0.3, 0.4) is 0 Å². The molecule has 0 aliphatic carbocycles. The lowest BCUT2D eigenvalue weighted by molar-refractivity contribution is 0.133. The van der Waals surface area contributed by atoms with E-state index < -0.39 is 0 Å². The topological polar surface area (TPSA) is 58.2 Å². The molecule has 0 atom stereocenters. The van der Waals surface area contributed by atoms with E-state index in [1.165, 1.54) is 11.1 Å². The summed E-state index contributed by atoms with van der Waals surface area (Å²) >= 11 is 0. The lowest BCUT2D eigenvalue weighted by Crippen LogP contribution is -2.13. The third kappa shape index (κ3) is 3.95. The fraction of sp³-hybridized carbons (Fsp3) is 0.312. The van der Waals surface area contributed by atoms with Crippen LogP contribution in [0.1, 0.15) is 29.6 Å². The van der Waals surface area contributed by atoms with Crippen molar-refractivity contribution >= 4 is 0 Å². The summed E-state index contributed by atoms with van der Waals surface area (Å²) in [6.07, 6.45) is 0. The van der Waals surface area contributed by atoms with Crippen LogP contribution in [0.2, 0.25) is 0 Å². The second kappa shape index (κ2) is 7.49. The highest BCUT2D eigenvalue weighted by Crippen LogP contribution is 2.11. The van der Waals surface area contributed by atoms with Crippen LogP contribution >= 0.6 is 0 Å². The molecule has 0 aliphatic heterocycles. The minimum atomic E-state index is 0.346. The van der Waals surface area contributed by atoms with Crippen LogP contribution in [-0.4, -0.2) is 6.61 Å². The number of nitrogens with one attached hydrogen (secondary N) is 1. The van der Waals surface area contributed by atoms with Gasteiger partial charge in [0, 0.05) is 13.2 Å². The van der Waals surface area contributed by atoms with Gasteiger partial charge in [-0.2, -0.15) is 5.26 Å². The van der Waals surface area contributed by atoms with Crippen molar-refractivity contribution in [3.8, 4) is 6.07 Å². The maximum absolute atomic E-state index is 8.70. The molecule has 1 N–H and O–H groups in total. The van der Waals surface area contributed by atoms with E-state index in [0.717, 1.165) is 12.3 Å². The molecule has 0 saturated heterocycles. The summed E-state index contributed by atoms with van der Waals surface area (Å²) in [5.41, 5.74) is 2.41. The van der Waals surface area contributed by atoms with Crippen molar-refractivity contribution in [1.29, 1.82) is 5.26 Å². The Kier molecular flexibility index (Phi) is 5.36. The summed E-state index contributed by atoms with van der Waals surface area (Å²) in [5, 5.41) is 12.0. The van der Waals surface area contributed by atoms with E-state index in [1.807, 2.05) is 31.2 Å². The van der Waals surface area contributed by atoms with Crippen molar-refractivity contribution in [2.45, 2.75) is 26.6 Å². The zero-order valence-electron chi connectivity index (χ0n) is 11.6. The molecule has 20 heavy (non-hydrogen) atoms. The van der Waals surface area contributed by atoms with Gasteiger partial charge in [0.1, 0.15) is 11.8 Å². The van der Waals surface area contributed by atoms with Crippen LogP contribution in [0, 0.1) is 11.3 Å². The van der Waals surface area contributed by atoms with Crippen LogP contribution in [0.4, 0.5) is 0 Å². The second-order valence-corrected chi connectivity index (χ2v) is 4.39. The van der Waals surface area contributed by atoms with Gasteiger partial charge in [0.15, 0.2) is 0 Å². The quantitative estimate of drug-likeness (QED) is 0.840. The highest BCUT2D eigenvalue weighted by molar-refractivity contribution is 5.26. The van der Waals surface area contributed by atoms with Crippen molar-refractivity contribution in [3.63, 3.8) is 0 Å². The fourth-order valence-electron chi connectivity index (χ4n) is 1.94. The fourth-order valence-corrected chi connectivity index (χ4v) is 1.94. The first-order chi connectivity index (χ1) is 9.83. The van der Waals surface area contributed by atoms with Gasteiger partial charge in [-0.05, 0) is 30.2 Å². The van der Waals surface area contributed by atoms with Crippen molar-refractivity contribution in [2.75, 3.05) is 6.61 Å². The van der Waals surface area contributed by atoms with E-state index in [9.17, 15) is 0 Å². The first-order valence-electron chi connectivity index (χ1n) is 6.67. The molecule has 0 unspecified atom stereocenters. The van der Waals surface area contributed by atoms with Gasteiger partial charge in [0.2, 0.25) is 5.76 Å². The molecule has 0 radical (unpaired) electrons. The Morgan fingerprint density at radius 1 is 1.15 bits per heavy atom. The average Bonchev–Trinajstić information content (AvgIpc) is 2.94. The number of nitriles is 1. The molecule has 1 aromatic heterocycles. The molecule has 0 spiro atoms. The van der Waals surface area contributed by atoms with Crippen molar-refractivity contribution < 1.29 is 9.15 Å².